The molecule has 0 bridgehead atoms. The number of aromatic nitrogens is 3. The van der Waals surface area contributed by atoms with Crippen molar-refractivity contribution in [2.75, 3.05) is 6.61 Å². The summed E-state index contributed by atoms with van der Waals surface area (Å²) in [5.41, 5.74) is 0. The van der Waals surface area contributed by atoms with Gasteiger partial charge < -0.3 is 9.52 Å². The lowest BCUT2D eigenvalue weighted by molar-refractivity contribution is 0.195. The standard InChI is InChI=1S/C11H12BrN3O2/c12-9-5-4-8(17-9)11-13-10-3-1-2-7(6-16)15(10)14-11/h4-5,7,16H,1-3,6H2. The van der Waals surface area contributed by atoms with Gasteiger partial charge in [-0.15, -0.1) is 5.10 Å². The van der Waals surface area contributed by atoms with E-state index < -0.39 is 0 Å². The summed E-state index contributed by atoms with van der Waals surface area (Å²) >= 11 is 3.26. The normalized spacial score (nSPS) is 19.3. The molecule has 1 aliphatic heterocycles. The van der Waals surface area contributed by atoms with Crippen molar-refractivity contribution in [3.05, 3.63) is 22.6 Å². The molecule has 1 unspecified atom stereocenters. The Balaban J connectivity index is 2.01. The molecule has 90 valence electrons. The molecular formula is C11H12BrN3O2. The van der Waals surface area contributed by atoms with Crippen molar-refractivity contribution in [3.8, 4) is 11.6 Å². The van der Waals surface area contributed by atoms with E-state index in [2.05, 4.69) is 26.0 Å². The van der Waals surface area contributed by atoms with Crippen molar-refractivity contribution in [1.29, 1.82) is 0 Å². The molecule has 0 amide bonds. The molecule has 0 spiro atoms. The van der Waals surface area contributed by atoms with Gasteiger partial charge in [-0.05, 0) is 40.9 Å². The Kier molecular flexibility index (Phi) is 2.76. The number of hydrogen-bond donors (Lipinski definition) is 1. The zero-order valence-electron chi connectivity index (χ0n) is 9.14. The number of nitrogens with zero attached hydrogens (tertiary/aromatic N) is 3. The number of aliphatic hydroxyl groups is 1. The molecular weight excluding hydrogens is 286 g/mol. The van der Waals surface area contributed by atoms with Crippen LogP contribution in [0.15, 0.2) is 21.2 Å². The minimum atomic E-state index is 0.0541. The Morgan fingerprint density at radius 2 is 2.41 bits per heavy atom. The predicted octanol–water partition coefficient (Wildman–Crippen LogP) is 2.17. The largest absolute Gasteiger partial charge is 0.446 e. The molecule has 0 fully saturated rings. The van der Waals surface area contributed by atoms with Gasteiger partial charge in [-0.2, -0.15) is 0 Å². The third-order valence-electron chi connectivity index (χ3n) is 2.99. The number of aliphatic hydroxyl groups excluding tert-OH is 1. The van der Waals surface area contributed by atoms with Gasteiger partial charge in [-0.25, -0.2) is 9.67 Å². The van der Waals surface area contributed by atoms with E-state index in [4.69, 9.17) is 4.42 Å². The number of hydrogen-bond acceptors (Lipinski definition) is 4. The van der Waals surface area contributed by atoms with Gasteiger partial charge in [0.1, 0.15) is 5.82 Å². The minimum Gasteiger partial charge on any atom is -0.446 e. The smallest absolute Gasteiger partial charge is 0.217 e. The SMILES string of the molecule is OCC1CCCc2nc(-c3ccc(Br)o3)nn21. The number of aryl methyl sites for hydroxylation is 1. The van der Waals surface area contributed by atoms with E-state index in [0.29, 0.717) is 16.3 Å². The van der Waals surface area contributed by atoms with Crippen LogP contribution >= 0.6 is 15.9 Å². The van der Waals surface area contributed by atoms with Gasteiger partial charge in [0.15, 0.2) is 10.4 Å². The fourth-order valence-electron chi connectivity index (χ4n) is 2.14. The second kappa shape index (κ2) is 4.27. The highest BCUT2D eigenvalue weighted by molar-refractivity contribution is 9.10. The number of fused-ring (bicyclic) bond motifs is 1. The molecule has 0 aliphatic carbocycles. The van der Waals surface area contributed by atoms with Crippen LogP contribution in [0.2, 0.25) is 0 Å². The molecule has 1 atom stereocenters. The van der Waals surface area contributed by atoms with Crippen molar-refractivity contribution in [3.63, 3.8) is 0 Å². The quantitative estimate of drug-likeness (QED) is 0.923. The van der Waals surface area contributed by atoms with Crippen LogP contribution in [0.4, 0.5) is 0 Å². The van der Waals surface area contributed by atoms with Gasteiger partial charge in [0.05, 0.1) is 12.6 Å². The van der Waals surface area contributed by atoms with E-state index in [0.717, 1.165) is 25.1 Å². The summed E-state index contributed by atoms with van der Waals surface area (Å²) in [5, 5.41) is 13.7. The summed E-state index contributed by atoms with van der Waals surface area (Å²) in [6.45, 7) is 0.109. The molecule has 2 aromatic heterocycles. The zero-order valence-corrected chi connectivity index (χ0v) is 10.7. The molecule has 1 N–H and O–H groups in total. The van der Waals surface area contributed by atoms with E-state index in [1.807, 2.05) is 16.8 Å². The van der Waals surface area contributed by atoms with E-state index in [1.165, 1.54) is 0 Å². The Labute approximate surface area is 107 Å². The average Bonchev–Trinajstić information content (AvgIpc) is 2.93. The van der Waals surface area contributed by atoms with Gasteiger partial charge in [0.25, 0.3) is 0 Å². The summed E-state index contributed by atoms with van der Waals surface area (Å²) in [7, 11) is 0. The van der Waals surface area contributed by atoms with Gasteiger partial charge >= 0.3 is 0 Å². The molecule has 3 rings (SSSR count). The molecule has 5 nitrogen and oxygen atoms in total. The summed E-state index contributed by atoms with van der Waals surface area (Å²) in [4.78, 5) is 4.46. The molecule has 3 heterocycles. The lowest BCUT2D eigenvalue weighted by atomic mass is 10.1. The Bertz CT molecular complexity index is 535. The highest BCUT2D eigenvalue weighted by Gasteiger charge is 2.23. The molecule has 17 heavy (non-hydrogen) atoms. The van der Waals surface area contributed by atoms with Gasteiger partial charge in [-0.3, -0.25) is 0 Å². The molecule has 0 aromatic carbocycles. The summed E-state index contributed by atoms with van der Waals surface area (Å²) in [6, 6.07) is 3.71. The Morgan fingerprint density at radius 3 is 3.12 bits per heavy atom. The van der Waals surface area contributed by atoms with Crippen LogP contribution in [0.1, 0.15) is 24.7 Å². The number of rotatable bonds is 2. The Hall–Kier alpha value is -1.14. The van der Waals surface area contributed by atoms with Crippen molar-refractivity contribution in [2.24, 2.45) is 0 Å². The molecule has 1 aliphatic rings. The Morgan fingerprint density at radius 1 is 1.53 bits per heavy atom. The van der Waals surface area contributed by atoms with Crippen LogP contribution in [0.5, 0.6) is 0 Å². The molecule has 0 radical (unpaired) electrons. The van der Waals surface area contributed by atoms with Crippen molar-refractivity contribution in [1.82, 2.24) is 14.8 Å². The fourth-order valence-corrected chi connectivity index (χ4v) is 2.45. The molecule has 0 saturated heterocycles. The van der Waals surface area contributed by atoms with Crippen LogP contribution in [-0.4, -0.2) is 26.5 Å². The van der Waals surface area contributed by atoms with Crippen LogP contribution in [-0.2, 0) is 6.42 Å². The first-order chi connectivity index (χ1) is 8.28. The monoisotopic (exact) mass is 297 g/mol. The molecule has 0 saturated carbocycles. The number of halogens is 1. The first kappa shape index (κ1) is 11.0. The lowest BCUT2D eigenvalue weighted by Crippen LogP contribution is -2.21. The van der Waals surface area contributed by atoms with E-state index >= 15 is 0 Å². The van der Waals surface area contributed by atoms with Crippen LogP contribution in [0, 0.1) is 0 Å². The van der Waals surface area contributed by atoms with Crippen molar-refractivity contribution in [2.45, 2.75) is 25.3 Å². The average molecular weight is 298 g/mol. The maximum Gasteiger partial charge on any atom is 0.217 e. The summed E-state index contributed by atoms with van der Waals surface area (Å²) < 4.78 is 7.93. The van der Waals surface area contributed by atoms with E-state index in [9.17, 15) is 5.11 Å². The molecule has 2 aromatic rings. The van der Waals surface area contributed by atoms with Crippen LogP contribution < -0.4 is 0 Å². The van der Waals surface area contributed by atoms with Gasteiger partial charge in [0, 0.05) is 6.42 Å². The molecule has 6 heteroatoms. The predicted molar refractivity (Wildman–Crippen MR) is 64.5 cm³/mol. The minimum absolute atomic E-state index is 0.0541. The highest BCUT2D eigenvalue weighted by atomic mass is 79.9. The maximum absolute atomic E-state index is 9.30. The first-order valence-electron chi connectivity index (χ1n) is 5.60. The summed E-state index contributed by atoms with van der Waals surface area (Å²) in [6.07, 6.45) is 2.91. The number of furan rings is 1. The maximum atomic E-state index is 9.30. The topological polar surface area (TPSA) is 64.1 Å². The van der Waals surface area contributed by atoms with Gasteiger partial charge in [0.2, 0.25) is 5.82 Å². The van der Waals surface area contributed by atoms with E-state index in [-0.39, 0.29) is 12.6 Å². The van der Waals surface area contributed by atoms with E-state index in [1.54, 1.807) is 0 Å². The van der Waals surface area contributed by atoms with Crippen LogP contribution in [0.3, 0.4) is 0 Å². The van der Waals surface area contributed by atoms with Crippen molar-refractivity contribution < 1.29 is 9.52 Å². The third-order valence-corrected chi connectivity index (χ3v) is 3.42. The zero-order chi connectivity index (χ0) is 11.8. The van der Waals surface area contributed by atoms with Crippen LogP contribution in [0.25, 0.3) is 11.6 Å². The third kappa shape index (κ3) is 1.91. The fraction of sp³-hybridized carbons (Fsp3) is 0.455. The second-order valence-corrected chi connectivity index (χ2v) is 4.91. The van der Waals surface area contributed by atoms with Gasteiger partial charge in [-0.1, -0.05) is 0 Å². The first-order valence-corrected chi connectivity index (χ1v) is 6.39. The highest BCUT2D eigenvalue weighted by Crippen LogP contribution is 2.27. The second-order valence-electron chi connectivity index (χ2n) is 4.13. The van der Waals surface area contributed by atoms with Crippen molar-refractivity contribution >= 4 is 15.9 Å². The lowest BCUT2D eigenvalue weighted by Gasteiger charge is -2.20. The summed E-state index contributed by atoms with van der Waals surface area (Å²) in [5.74, 6) is 2.17.